The zero-order valence-electron chi connectivity index (χ0n) is 22.4. The number of aromatic nitrogens is 2. The Morgan fingerprint density at radius 1 is 1.14 bits per heavy atom. The van der Waals surface area contributed by atoms with Crippen molar-refractivity contribution in [2.75, 3.05) is 40.8 Å². The number of fused-ring (bicyclic) bond motifs is 1. The van der Waals surface area contributed by atoms with E-state index in [2.05, 4.69) is 52.0 Å². The molecule has 36 heavy (non-hydrogen) atoms. The molecule has 2 aliphatic rings. The quantitative estimate of drug-likeness (QED) is 0.545. The van der Waals surface area contributed by atoms with E-state index in [1.807, 2.05) is 32.2 Å². The van der Waals surface area contributed by atoms with Crippen molar-refractivity contribution in [1.29, 1.82) is 0 Å². The van der Waals surface area contributed by atoms with E-state index < -0.39 is 5.92 Å². The maximum atomic E-state index is 13.5. The molecule has 1 atom stereocenters. The third-order valence-electron chi connectivity index (χ3n) is 7.33. The third-order valence-corrected chi connectivity index (χ3v) is 7.33. The van der Waals surface area contributed by atoms with Crippen LogP contribution in [0.4, 0.5) is 0 Å². The molecule has 194 valence electrons. The Morgan fingerprint density at radius 2 is 1.89 bits per heavy atom. The van der Waals surface area contributed by atoms with Crippen LogP contribution in [0.3, 0.4) is 0 Å². The molecule has 2 amide bonds. The molecule has 4 rings (SSSR count). The average Bonchev–Trinajstić information content (AvgIpc) is 3.47. The molecular weight excluding hydrogens is 452 g/mol. The van der Waals surface area contributed by atoms with Gasteiger partial charge in [-0.2, -0.15) is 5.10 Å². The zero-order valence-corrected chi connectivity index (χ0v) is 22.4. The summed E-state index contributed by atoms with van der Waals surface area (Å²) in [5, 5.41) is 8.62. The van der Waals surface area contributed by atoms with Crippen molar-refractivity contribution in [1.82, 2.24) is 24.9 Å². The van der Waals surface area contributed by atoms with Crippen LogP contribution < -0.4 is 5.32 Å². The summed E-state index contributed by atoms with van der Waals surface area (Å²) < 4.78 is 2.13. The second-order valence-corrected chi connectivity index (χ2v) is 10.7. The molecule has 0 radical (unpaired) electrons. The molecule has 1 saturated carbocycles. The van der Waals surface area contributed by atoms with Crippen molar-refractivity contribution in [2.24, 2.45) is 10.9 Å². The summed E-state index contributed by atoms with van der Waals surface area (Å²) in [7, 11) is 6.31. The summed E-state index contributed by atoms with van der Waals surface area (Å²) in [6.45, 7) is 6.76. The summed E-state index contributed by atoms with van der Waals surface area (Å²) in [6, 6.07) is 4.59. The molecule has 0 bridgehead atoms. The van der Waals surface area contributed by atoms with Gasteiger partial charge in [0.15, 0.2) is 0 Å². The molecule has 0 saturated heterocycles. The Bertz CT molecular complexity index is 1170. The number of allylic oxidation sites excluding steroid dienone is 1. The van der Waals surface area contributed by atoms with Gasteiger partial charge in [0.25, 0.3) is 11.8 Å². The van der Waals surface area contributed by atoms with Crippen LogP contribution in [-0.2, 0) is 11.3 Å². The molecule has 1 aromatic carbocycles. The van der Waals surface area contributed by atoms with E-state index in [0.717, 1.165) is 60.9 Å². The highest BCUT2D eigenvalue weighted by Gasteiger charge is 2.26. The number of nitrogens with one attached hydrogen (secondary N) is 1. The molecule has 8 nitrogen and oxygen atoms in total. The highest BCUT2D eigenvalue weighted by Crippen LogP contribution is 2.33. The number of dihydropyridines is 1. The first kappa shape index (κ1) is 26.2. The van der Waals surface area contributed by atoms with Gasteiger partial charge in [0, 0.05) is 24.2 Å². The number of benzene rings is 1. The Balaban J connectivity index is 1.57. The Morgan fingerprint density at radius 3 is 2.58 bits per heavy atom. The number of carbonyl (C=O) groups excluding carboxylic acids is 2. The minimum absolute atomic E-state index is 0.171. The van der Waals surface area contributed by atoms with Crippen molar-refractivity contribution >= 4 is 28.4 Å². The smallest absolute Gasteiger partial charge is 0.254 e. The van der Waals surface area contributed by atoms with Crippen molar-refractivity contribution in [3.05, 3.63) is 41.1 Å². The second kappa shape index (κ2) is 11.5. The Hall–Kier alpha value is -2.84. The number of nitrogens with zero attached hydrogens (tertiary/aromatic N) is 5. The van der Waals surface area contributed by atoms with Gasteiger partial charge in [-0.15, -0.1) is 0 Å². The first-order chi connectivity index (χ1) is 17.2. The third kappa shape index (κ3) is 6.10. The van der Waals surface area contributed by atoms with E-state index in [1.54, 1.807) is 0 Å². The van der Waals surface area contributed by atoms with E-state index >= 15 is 0 Å². The molecule has 2 aromatic rings. The number of hydrogen-bond acceptors (Lipinski definition) is 5. The van der Waals surface area contributed by atoms with Crippen LogP contribution in [-0.4, -0.2) is 77.9 Å². The normalized spacial score (nSPS) is 18.9. The first-order valence-corrected chi connectivity index (χ1v) is 13.1. The summed E-state index contributed by atoms with van der Waals surface area (Å²) in [4.78, 5) is 34.5. The molecule has 2 heterocycles. The second-order valence-electron chi connectivity index (χ2n) is 10.7. The topological polar surface area (TPSA) is 82.8 Å². The van der Waals surface area contributed by atoms with Gasteiger partial charge < -0.3 is 15.1 Å². The van der Waals surface area contributed by atoms with Crippen molar-refractivity contribution in [3.8, 4) is 0 Å². The largest absolute Gasteiger partial charge is 0.351 e. The molecule has 1 aromatic heterocycles. The number of aliphatic imine (C=N–C) groups is 1. The summed E-state index contributed by atoms with van der Waals surface area (Å²) in [5.74, 6) is -0.782. The number of carbonyl (C=O) groups is 2. The van der Waals surface area contributed by atoms with Gasteiger partial charge in [0.2, 0.25) is 0 Å². The fourth-order valence-electron chi connectivity index (χ4n) is 5.42. The van der Waals surface area contributed by atoms with Gasteiger partial charge >= 0.3 is 0 Å². The lowest BCUT2D eigenvalue weighted by atomic mass is 9.95. The van der Waals surface area contributed by atoms with Crippen LogP contribution >= 0.6 is 0 Å². The van der Waals surface area contributed by atoms with Crippen molar-refractivity contribution < 1.29 is 9.59 Å². The molecule has 1 aliphatic heterocycles. The van der Waals surface area contributed by atoms with Crippen LogP contribution in [0.5, 0.6) is 0 Å². The van der Waals surface area contributed by atoms with Crippen molar-refractivity contribution in [3.63, 3.8) is 0 Å². The first-order valence-electron chi connectivity index (χ1n) is 13.1. The summed E-state index contributed by atoms with van der Waals surface area (Å²) in [5.41, 5.74) is 4.39. The van der Waals surface area contributed by atoms with E-state index in [-0.39, 0.29) is 18.4 Å². The van der Waals surface area contributed by atoms with Gasteiger partial charge in [-0.3, -0.25) is 14.3 Å². The average molecular weight is 493 g/mol. The minimum Gasteiger partial charge on any atom is -0.351 e. The van der Waals surface area contributed by atoms with Crippen molar-refractivity contribution in [2.45, 2.75) is 58.5 Å². The van der Waals surface area contributed by atoms with Gasteiger partial charge in [0.05, 0.1) is 29.2 Å². The van der Waals surface area contributed by atoms with Gasteiger partial charge in [-0.1, -0.05) is 18.4 Å². The Kier molecular flexibility index (Phi) is 8.36. The van der Waals surface area contributed by atoms with Crippen LogP contribution in [0.1, 0.15) is 67.9 Å². The van der Waals surface area contributed by atoms with Gasteiger partial charge in [-0.25, -0.2) is 4.99 Å². The van der Waals surface area contributed by atoms with Crippen LogP contribution in [0.2, 0.25) is 0 Å². The number of rotatable bonds is 10. The van der Waals surface area contributed by atoms with Crippen LogP contribution in [0.15, 0.2) is 35.0 Å². The molecule has 1 fully saturated rings. The standard InChI is InChI=1S/C28H40N6O2/c1-19-13-20(2)31-28(36)24(19)16-29-27(35)23-14-21(18-33(5)12-8-11-32(3)4)15-26-25(23)17-30-34(26)22-9-6-7-10-22/h13-15,17,22,24H,6-12,16,18H2,1-5H3,(H,29,35). The van der Waals surface area contributed by atoms with Gasteiger partial charge in [-0.05, 0) is 91.1 Å². The van der Waals surface area contributed by atoms with E-state index in [9.17, 15) is 9.59 Å². The monoisotopic (exact) mass is 492 g/mol. The summed E-state index contributed by atoms with van der Waals surface area (Å²) >= 11 is 0. The number of amides is 2. The van der Waals surface area contributed by atoms with Gasteiger partial charge in [0.1, 0.15) is 0 Å². The van der Waals surface area contributed by atoms with E-state index in [4.69, 9.17) is 5.10 Å². The Labute approximate surface area is 214 Å². The molecule has 0 spiro atoms. The molecule has 8 heteroatoms. The predicted octanol–water partition coefficient (Wildman–Crippen LogP) is 3.83. The molecule has 1 N–H and O–H groups in total. The lowest BCUT2D eigenvalue weighted by Crippen LogP contribution is -2.34. The van der Waals surface area contributed by atoms with E-state index in [0.29, 0.717) is 17.3 Å². The predicted molar refractivity (Wildman–Crippen MR) is 144 cm³/mol. The highest BCUT2D eigenvalue weighted by atomic mass is 16.2. The van der Waals surface area contributed by atoms with Crippen LogP contribution in [0, 0.1) is 5.92 Å². The summed E-state index contributed by atoms with van der Waals surface area (Å²) in [6.07, 6.45) is 9.52. The maximum absolute atomic E-state index is 13.5. The van der Waals surface area contributed by atoms with Crippen LogP contribution in [0.25, 0.3) is 10.9 Å². The zero-order chi connectivity index (χ0) is 25.8. The molecule has 1 aliphatic carbocycles. The maximum Gasteiger partial charge on any atom is 0.254 e. The molecule has 1 unspecified atom stereocenters. The fourth-order valence-corrected chi connectivity index (χ4v) is 5.42. The SMILES string of the molecule is CC1=CC(C)=NC(=O)C1CNC(=O)c1cc(CN(C)CCCN(C)C)cc2c1cnn2C1CCCC1. The lowest BCUT2D eigenvalue weighted by molar-refractivity contribution is -0.120. The van der Waals surface area contributed by atoms with E-state index in [1.165, 1.54) is 12.8 Å². The minimum atomic E-state index is -0.416. The fraction of sp³-hybridized carbons (Fsp3) is 0.571. The number of hydrogen-bond donors (Lipinski definition) is 1. The molecular formula is C28H40N6O2. The highest BCUT2D eigenvalue weighted by molar-refractivity contribution is 6.08. The lowest BCUT2D eigenvalue weighted by Gasteiger charge is -2.20.